The molecule has 2 rings (SSSR count). The molecule has 1 heterocycles. The SMILES string of the molecule is CCc1nc(Cc2ccc(OC)c(OC)c2)nc(N)c1C. The Balaban J connectivity index is 2.32. The van der Waals surface area contributed by atoms with Gasteiger partial charge in [0, 0.05) is 17.7 Å². The van der Waals surface area contributed by atoms with Crippen molar-refractivity contribution in [3.63, 3.8) is 0 Å². The van der Waals surface area contributed by atoms with E-state index in [2.05, 4.69) is 16.9 Å². The minimum Gasteiger partial charge on any atom is -0.493 e. The molecular weight excluding hydrogens is 266 g/mol. The highest BCUT2D eigenvalue weighted by atomic mass is 16.5. The average Bonchev–Trinajstić information content (AvgIpc) is 2.50. The lowest BCUT2D eigenvalue weighted by atomic mass is 10.1. The van der Waals surface area contributed by atoms with Gasteiger partial charge in [0.25, 0.3) is 0 Å². The Bertz CT molecular complexity index is 642. The number of anilines is 1. The van der Waals surface area contributed by atoms with Crippen LogP contribution in [0.2, 0.25) is 0 Å². The van der Waals surface area contributed by atoms with E-state index in [-0.39, 0.29) is 0 Å². The number of nitrogen functional groups attached to an aromatic ring is 1. The Kier molecular flexibility index (Phi) is 4.62. The first-order chi connectivity index (χ1) is 10.1. The van der Waals surface area contributed by atoms with Crippen molar-refractivity contribution in [1.82, 2.24) is 9.97 Å². The predicted molar refractivity (Wildman–Crippen MR) is 82.9 cm³/mol. The number of aryl methyl sites for hydroxylation is 1. The number of benzene rings is 1. The summed E-state index contributed by atoms with van der Waals surface area (Å²) in [7, 11) is 3.24. The number of nitrogens with zero attached hydrogens (tertiary/aromatic N) is 2. The van der Waals surface area contributed by atoms with Crippen molar-refractivity contribution < 1.29 is 9.47 Å². The molecule has 0 bridgehead atoms. The maximum absolute atomic E-state index is 5.96. The lowest BCUT2D eigenvalue weighted by Crippen LogP contribution is -2.07. The zero-order valence-corrected chi connectivity index (χ0v) is 12.9. The van der Waals surface area contributed by atoms with E-state index in [9.17, 15) is 0 Å². The average molecular weight is 287 g/mol. The van der Waals surface area contributed by atoms with E-state index in [4.69, 9.17) is 15.2 Å². The Morgan fingerprint density at radius 3 is 2.43 bits per heavy atom. The molecular formula is C16H21N3O2. The second-order valence-electron chi connectivity index (χ2n) is 4.82. The van der Waals surface area contributed by atoms with Crippen molar-refractivity contribution >= 4 is 5.82 Å². The molecule has 0 saturated carbocycles. The Morgan fingerprint density at radius 1 is 1.10 bits per heavy atom. The third-order valence-electron chi connectivity index (χ3n) is 3.48. The van der Waals surface area contributed by atoms with Crippen LogP contribution in [0.25, 0.3) is 0 Å². The molecule has 0 aliphatic heterocycles. The van der Waals surface area contributed by atoms with E-state index in [0.717, 1.165) is 29.1 Å². The van der Waals surface area contributed by atoms with E-state index >= 15 is 0 Å². The van der Waals surface area contributed by atoms with Gasteiger partial charge in [-0.1, -0.05) is 13.0 Å². The van der Waals surface area contributed by atoms with Crippen LogP contribution in [0.5, 0.6) is 11.5 Å². The standard InChI is InChI=1S/C16H21N3O2/c1-5-12-10(2)16(17)19-15(18-12)9-11-6-7-13(20-3)14(8-11)21-4/h6-8H,5,9H2,1-4H3,(H2,17,18,19). The summed E-state index contributed by atoms with van der Waals surface area (Å²) in [6.07, 6.45) is 1.45. The summed E-state index contributed by atoms with van der Waals surface area (Å²) in [5, 5.41) is 0. The molecule has 21 heavy (non-hydrogen) atoms. The van der Waals surface area contributed by atoms with Crippen LogP contribution in [0.15, 0.2) is 18.2 Å². The van der Waals surface area contributed by atoms with Crippen molar-refractivity contribution in [2.24, 2.45) is 0 Å². The summed E-state index contributed by atoms with van der Waals surface area (Å²) >= 11 is 0. The molecule has 5 heteroatoms. The van der Waals surface area contributed by atoms with Crippen molar-refractivity contribution in [3.05, 3.63) is 40.8 Å². The molecule has 1 aromatic heterocycles. The number of rotatable bonds is 5. The van der Waals surface area contributed by atoms with Crippen LogP contribution < -0.4 is 15.2 Å². The molecule has 0 aliphatic carbocycles. The Hall–Kier alpha value is -2.30. The first kappa shape index (κ1) is 15.1. The molecule has 112 valence electrons. The number of hydrogen-bond acceptors (Lipinski definition) is 5. The minimum atomic E-state index is 0.553. The Labute approximate surface area is 125 Å². The van der Waals surface area contributed by atoms with Crippen LogP contribution in [0.3, 0.4) is 0 Å². The third kappa shape index (κ3) is 3.24. The van der Waals surface area contributed by atoms with E-state index in [0.29, 0.717) is 23.7 Å². The van der Waals surface area contributed by atoms with Gasteiger partial charge in [0.2, 0.25) is 0 Å². The fraction of sp³-hybridized carbons (Fsp3) is 0.375. The molecule has 0 atom stereocenters. The van der Waals surface area contributed by atoms with Crippen molar-refractivity contribution in [3.8, 4) is 11.5 Å². The van der Waals surface area contributed by atoms with Crippen LogP contribution in [0, 0.1) is 6.92 Å². The quantitative estimate of drug-likeness (QED) is 0.915. The van der Waals surface area contributed by atoms with Gasteiger partial charge in [-0.3, -0.25) is 0 Å². The van der Waals surface area contributed by atoms with Crippen molar-refractivity contribution in [2.45, 2.75) is 26.7 Å². The number of ether oxygens (including phenoxy) is 2. The highest BCUT2D eigenvalue weighted by Crippen LogP contribution is 2.28. The molecule has 0 amide bonds. The maximum atomic E-state index is 5.96. The first-order valence-electron chi connectivity index (χ1n) is 6.91. The second-order valence-corrected chi connectivity index (χ2v) is 4.82. The van der Waals surface area contributed by atoms with E-state index in [1.807, 2.05) is 25.1 Å². The van der Waals surface area contributed by atoms with Gasteiger partial charge in [-0.15, -0.1) is 0 Å². The highest BCUT2D eigenvalue weighted by molar-refractivity contribution is 5.45. The number of hydrogen-bond donors (Lipinski definition) is 1. The van der Waals surface area contributed by atoms with Crippen molar-refractivity contribution in [2.75, 3.05) is 20.0 Å². The van der Waals surface area contributed by atoms with Gasteiger partial charge in [0.15, 0.2) is 11.5 Å². The van der Waals surface area contributed by atoms with Gasteiger partial charge < -0.3 is 15.2 Å². The monoisotopic (exact) mass is 287 g/mol. The molecule has 0 saturated heterocycles. The van der Waals surface area contributed by atoms with Gasteiger partial charge in [-0.2, -0.15) is 0 Å². The van der Waals surface area contributed by atoms with Gasteiger partial charge in [-0.25, -0.2) is 9.97 Å². The molecule has 2 aromatic rings. The molecule has 0 unspecified atom stereocenters. The second kappa shape index (κ2) is 6.43. The number of nitrogens with two attached hydrogens (primary N) is 1. The molecule has 0 spiro atoms. The summed E-state index contributed by atoms with van der Waals surface area (Å²) in [6, 6.07) is 5.79. The van der Waals surface area contributed by atoms with E-state index in [1.54, 1.807) is 14.2 Å². The normalized spacial score (nSPS) is 10.5. The highest BCUT2D eigenvalue weighted by Gasteiger charge is 2.10. The lowest BCUT2D eigenvalue weighted by molar-refractivity contribution is 0.354. The maximum Gasteiger partial charge on any atom is 0.161 e. The molecule has 0 fully saturated rings. The predicted octanol–water partition coefficient (Wildman–Crippen LogP) is 2.54. The molecule has 0 aliphatic rings. The fourth-order valence-electron chi connectivity index (χ4n) is 2.23. The summed E-state index contributed by atoms with van der Waals surface area (Å²) < 4.78 is 10.5. The Morgan fingerprint density at radius 2 is 1.81 bits per heavy atom. The van der Waals surface area contributed by atoms with E-state index in [1.165, 1.54) is 0 Å². The first-order valence-corrected chi connectivity index (χ1v) is 6.91. The number of aromatic nitrogens is 2. The zero-order chi connectivity index (χ0) is 15.4. The zero-order valence-electron chi connectivity index (χ0n) is 12.9. The summed E-state index contributed by atoms with van der Waals surface area (Å²) in [5.74, 6) is 2.69. The van der Waals surface area contributed by atoms with Crippen molar-refractivity contribution in [1.29, 1.82) is 0 Å². The van der Waals surface area contributed by atoms with Gasteiger partial charge >= 0.3 is 0 Å². The summed E-state index contributed by atoms with van der Waals surface area (Å²) in [5.41, 5.74) is 8.97. The van der Waals surface area contributed by atoms with Gasteiger partial charge in [-0.05, 0) is 31.0 Å². The summed E-state index contributed by atoms with van der Waals surface area (Å²) in [4.78, 5) is 8.95. The summed E-state index contributed by atoms with van der Waals surface area (Å²) in [6.45, 7) is 4.02. The third-order valence-corrected chi connectivity index (χ3v) is 3.48. The van der Waals surface area contributed by atoms with Gasteiger partial charge in [0.05, 0.1) is 14.2 Å². The van der Waals surface area contributed by atoms with E-state index < -0.39 is 0 Å². The van der Waals surface area contributed by atoms with Gasteiger partial charge in [0.1, 0.15) is 11.6 Å². The number of methoxy groups -OCH3 is 2. The minimum absolute atomic E-state index is 0.553. The van der Waals surface area contributed by atoms with Crippen LogP contribution >= 0.6 is 0 Å². The van der Waals surface area contributed by atoms with Crippen LogP contribution in [-0.2, 0) is 12.8 Å². The largest absolute Gasteiger partial charge is 0.493 e. The topological polar surface area (TPSA) is 70.3 Å². The molecule has 5 nitrogen and oxygen atoms in total. The molecule has 1 aromatic carbocycles. The molecule has 2 N–H and O–H groups in total. The van der Waals surface area contributed by atoms with Crippen LogP contribution in [0.1, 0.15) is 29.6 Å². The smallest absolute Gasteiger partial charge is 0.161 e. The lowest BCUT2D eigenvalue weighted by Gasteiger charge is -2.11. The van der Waals surface area contributed by atoms with Crippen LogP contribution in [0.4, 0.5) is 5.82 Å². The van der Waals surface area contributed by atoms with Crippen LogP contribution in [-0.4, -0.2) is 24.2 Å². The molecule has 0 radical (unpaired) electrons. The fourth-order valence-corrected chi connectivity index (χ4v) is 2.23.